The van der Waals surface area contributed by atoms with E-state index in [9.17, 15) is 0 Å². The van der Waals surface area contributed by atoms with Crippen LogP contribution in [-0.2, 0) is 11.2 Å². The zero-order valence-corrected chi connectivity index (χ0v) is 9.74. The van der Waals surface area contributed by atoms with Crippen LogP contribution < -0.4 is 10.1 Å². The van der Waals surface area contributed by atoms with E-state index in [1.54, 1.807) is 7.11 Å². The first-order chi connectivity index (χ1) is 7.90. The number of ether oxygens (including phenoxy) is 2. The molecule has 1 N–H and O–H groups in total. The van der Waals surface area contributed by atoms with Crippen LogP contribution in [0.25, 0.3) is 0 Å². The Labute approximate surface area is 96.8 Å². The van der Waals surface area contributed by atoms with E-state index in [4.69, 9.17) is 9.47 Å². The average molecular weight is 221 g/mol. The summed E-state index contributed by atoms with van der Waals surface area (Å²) in [5.74, 6) is 0.978. The van der Waals surface area contributed by atoms with Gasteiger partial charge in [-0.25, -0.2) is 0 Å². The van der Waals surface area contributed by atoms with Crippen molar-refractivity contribution < 1.29 is 9.47 Å². The van der Waals surface area contributed by atoms with Gasteiger partial charge in [0.15, 0.2) is 0 Å². The Morgan fingerprint density at radius 2 is 2.31 bits per heavy atom. The third-order valence-electron chi connectivity index (χ3n) is 2.93. The Morgan fingerprint density at radius 1 is 1.44 bits per heavy atom. The summed E-state index contributed by atoms with van der Waals surface area (Å²) in [5.41, 5.74) is 1.26. The topological polar surface area (TPSA) is 30.5 Å². The Morgan fingerprint density at radius 3 is 3.06 bits per heavy atom. The number of methoxy groups -OCH3 is 1. The maximum absolute atomic E-state index is 5.67. The molecule has 1 heterocycles. The summed E-state index contributed by atoms with van der Waals surface area (Å²) in [6, 6.07) is 8.18. The van der Waals surface area contributed by atoms with Gasteiger partial charge < -0.3 is 14.8 Å². The quantitative estimate of drug-likeness (QED) is 0.838. The van der Waals surface area contributed by atoms with Crippen molar-refractivity contribution in [2.24, 2.45) is 0 Å². The van der Waals surface area contributed by atoms with Crippen molar-refractivity contribution in [3.05, 3.63) is 29.8 Å². The van der Waals surface area contributed by atoms with E-state index < -0.39 is 0 Å². The summed E-state index contributed by atoms with van der Waals surface area (Å²) in [6.45, 7) is 2.77. The van der Waals surface area contributed by atoms with Crippen LogP contribution in [0.2, 0.25) is 0 Å². The van der Waals surface area contributed by atoms with Gasteiger partial charge in [0.25, 0.3) is 0 Å². The molecule has 0 unspecified atom stereocenters. The molecule has 0 saturated carbocycles. The minimum absolute atomic E-state index is 0.346. The first-order valence-electron chi connectivity index (χ1n) is 5.84. The molecule has 1 aliphatic rings. The monoisotopic (exact) mass is 221 g/mol. The fourth-order valence-corrected chi connectivity index (χ4v) is 2.03. The standard InChI is InChI=1S/C13H19NO2/c1-15-13-5-3-2-4-11(13)6-7-12-10-14-8-9-16-12/h2-5,12,14H,6-10H2,1H3/t12-/m1/s1. The molecule has 1 aliphatic heterocycles. The van der Waals surface area contributed by atoms with Crippen LogP contribution in [0.3, 0.4) is 0 Å². The van der Waals surface area contributed by atoms with Gasteiger partial charge in [0.2, 0.25) is 0 Å². The van der Waals surface area contributed by atoms with Gasteiger partial charge >= 0.3 is 0 Å². The number of benzene rings is 1. The van der Waals surface area contributed by atoms with E-state index in [2.05, 4.69) is 17.4 Å². The lowest BCUT2D eigenvalue weighted by Crippen LogP contribution is -2.38. The van der Waals surface area contributed by atoms with Crippen molar-refractivity contribution in [3.63, 3.8) is 0 Å². The van der Waals surface area contributed by atoms with Gasteiger partial charge in [0.05, 0.1) is 19.8 Å². The number of para-hydroxylation sites is 1. The van der Waals surface area contributed by atoms with Crippen molar-refractivity contribution in [3.8, 4) is 5.75 Å². The van der Waals surface area contributed by atoms with Gasteiger partial charge in [-0.05, 0) is 24.5 Å². The number of nitrogens with one attached hydrogen (secondary N) is 1. The Balaban J connectivity index is 1.88. The highest BCUT2D eigenvalue weighted by Gasteiger charge is 2.13. The smallest absolute Gasteiger partial charge is 0.122 e. The third kappa shape index (κ3) is 2.97. The summed E-state index contributed by atoms with van der Waals surface area (Å²) in [5, 5.41) is 3.34. The van der Waals surface area contributed by atoms with Crippen molar-refractivity contribution in [1.29, 1.82) is 0 Å². The highest BCUT2D eigenvalue weighted by molar-refractivity contribution is 5.33. The Hall–Kier alpha value is -1.06. The van der Waals surface area contributed by atoms with Gasteiger partial charge in [-0.2, -0.15) is 0 Å². The lowest BCUT2D eigenvalue weighted by atomic mass is 10.1. The van der Waals surface area contributed by atoms with Crippen molar-refractivity contribution in [2.45, 2.75) is 18.9 Å². The van der Waals surface area contributed by atoms with Gasteiger partial charge in [-0.3, -0.25) is 0 Å². The van der Waals surface area contributed by atoms with Gasteiger partial charge in [0.1, 0.15) is 5.75 Å². The summed E-state index contributed by atoms with van der Waals surface area (Å²) in [6.07, 6.45) is 2.41. The summed E-state index contributed by atoms with van der Waals surface area (Å²) >= 11 is 0. The molecule has 1 aromatic rings. The molecule has 1 saturated heterocycles. The highest BCUT2D eigenvalue weighted by atomic mass is 16.5. The van der Waals surface area contributed by atoms with Crippen LogP contribution in [0, 0.1) is 0 Å². The largest absolute Gasteiger partial charge is 0.496 e. The molecule has 1 fully saturated rings. The summed E-state index contributed by atoms with van der Waals surface area (Å²) < 4.78 is 11.0. The maximum atomic E-state index is 5.67. The predicted molar refractivity (Wildman–Crippen MR) is 63.9 cm³/mol. The van der Waals surface area contributed by atoms with E-state index >= 15 is 0 Å². The molecule has 16 heavy (non-hydrogen) atoms. The molecule has 2 rings (SSSR count). The molecule has 0 spiro atoms. The van der Waals surface area contributed by atoms with E-state index in [0.29, 0.717) is 6.10 Å². The maximum Gasteiger partial charge on any atom is 0.122 e. The number of aryl methyl sites for hydroxylation is 1. The summed E-state index contributed by atoms with van der Waals surface area (Å²) in [7, 11) is 1.72. The van der Waals surface area contributed by atoms with Crippen LogP contribution in [0.1, 0.15) is 12.0 Å². The molecule has 0 radical (unpaired) electrons. The van der Waals surface area contributed by atoms with E-state index in [1.807, 2.05) is 12.1 Å². The molecule has 3 heteroatoms. The second-order valence-corrected chi connectivity index (χ2v) is 4.05. The zero-order chi connectivity index (χ0) is 11.2. The van der Waals surface area contributed by atoms with Gasteiger partial charge in [0, 0.05) is 13.1 Å². The molecule has 3 nitrogen and oxygen atoms in total. The fourth-order valence-electron chi connectivity index (χ4n) is 2.03. The van der Waals surface area contributed by atoms with E-state index in [1.165, 1.54) is 5.56 Å². The first kappa shape index (κ1) is 11.4. The van der Waals surface area contributed by atoms with Crippen molar-refractivity contribution in [2.75, 3.05) is 26.8 Å². The van der Waals surface area contributed by atoms with E-state index in [0.717, 1.165) is 38.3 Å². The van der Waals surface area contributed by atoms with Crippen LogP contribution in [0.15, 0.2) is 24.3 Å². The molecule has 0 aromatic heterocycles. The molecule has 0 aliphatic carbocycles. The van der Waals surface area contributed by atoms with Crippen molar-refractivity contribution >= 4 is 0 Å². The van der Waals surface area contributed by atoms with Crippen LogP contribution in [0.5, 0.6) is 5.75 Å². The molecule has 88 valence electrons. The number of hydrogen-bond acceptors (Lipinski definition) is 3. The first-order valence-corrected chi connectivity index (χ1v) is 5.84. The Kier molecular flexibility index (Phi) is 4.19. The lowest BCUT2D eigenvalue weighted by molar-refractivity contribution is 0.0238. The fraction of sp³-hybridized carbons (Fsp3) is 0.538. The lowest BCUT2D eigenvalue weighted by Gasteiger charge is -2.23. The molecule has 1 aromatic carbocycles. The third-order valence-corrected chi connectivity index (χ3v) is 2.93. The van der Waals surface area contributed by atoms with E-state index in [-0.39, 0.29) is 0 Å². The number of hydrogen-bond donors (Lipinski definition) is 1. The number of morpholine rings is 1. The second-order valence-electron chi connectivity index (χ2n) is 4.05. The predicted octanol–water partition coefficient (Wildman–Crippen LogP) is 1.62. The van der Waals surface area contributed by atoms with Gasteiger partial charge in [-0.1, -0.05) is 18.2 Å². The Bertz CT molecular complexity index is 321. The average Bonchev–Trinajstić information content (AvgIpc) is 2.38. The van der Waals surface area contributed by atoms with Crippen LogP contribution in [0.4, 0.5) is 0 Å². The summed E-state index contributed by atoms with van der Waals surface area (Å²) in [4.78, 5) is 0. The van der Waals surface area contributed by atoms with Gasteiger partial charge in [-0.15, -0.1) is 0 Å². The van der Waals surface area contributed by atoms with Crippen molar-refractivity contribution in [1.82, 2.24) is 5.32 Å². The number of rotatable bonds is 4. The van der Waals surface area contributed by atoms with Crippen LogP contribution >= 0.6 is 0 Å². The molecular formula is C13H19NO2. The normalized spacial score (nSPS) is 20.7. The minimum Gasteiger partial charge on any atom is -0.496 e. The second kappa shape index (κ2) is 5.87. The van der Waals surface area contributed by atoms with Crippen LogP contribution in [-0.4, -0.2) is 32.9 Å². The molecular weight excluding hydrogens is 202 g/mol. The molecule has 0 amide bonds. The highest BCUT2D eigenvalue weighted by Crippen LogP contribution is 2.20. The SMILES string of the molecule is COc1ccccc1CC[C@@H]1CNCCO1. The minimum atomic E-state index is 0.346. The molecule has 1 atom stereocenters. The zero-order valence-electron chi connectivity index (χ0n) is 9.74. The molecule has 0 bridgehead atoms.